The lowest BCUT2D eigenvalue weighted by molar-refractivity contribution is -0.148. The minimum atomic E-state index is -1.02. The summed E-state index contributed by atoms with van der Waals surface area (Å²) in [6.07, 6.45) is 4.98. The number of carboxylic acid groups (broad SMARTS) is 1. The highest BCUT2D eigenvalue weighted by molar-refractivity contribution is 5.87. The first-order valence-electron chi connectivity index (χ1n) is 6.32. The largest absolute Gasteiger partial charge is 0.480 e. The van der Waals surface area contributed by atoms with E-state index in [-0.39, 0.29) is 12.1 Å². The Bertz CT molecular complexity index is 287. The third kappa shape index (κ3) is 3.61. The van der Waals surface area contributed by atoms with E-state index in [0.29, 0.717) is 12.8 Å². The molecule has 0 aliphatic heterocycles. The van der Waals surface area contributed by atoms with Crippen LogP contribution in [0.15, 0.2) is 0 Å². The lowest BCUT2D eigenvalue weighted by atomic mass is 9.77. The molecule has 5 heteroatoms. The highest BCUT2D eigenvalue weighted by Gasteiger charge is 2.45. The number of carboxylic acids is 1. The van der Waals surface area contributed by atoms with Crippen molar-refractivity contribution in [3.8, 4) is 0 Å². The molecule has 1 rings (SSSR count). The number of hydrogen-bond acceptors (Lipinski definition) is 2. The molecule has 0 aromatic carbocycles. The van der Waals surface area contributed by atoms with Crippen LogP contribution in [0, 0.1) is 0 Å². The van der Waals surface area contributed by atoms with E-state index in [0.717, 1.165) is 25.7 Å². The molecule has 17 heavy (non-hydrogen) atoms. The molecule has 0 heterocycles. The maximum absolute atomic E-state index is 11.6. The number of carbonyl (C=O) groups is 2. The van der Waals surface area contributed by atoms with Gasteiger partial charge in [0.2, 0.25) is 0 Å². The summed E-state index contributed by atoms with van der Waals surface area (Å²) in [6, 6.07) is -0.281. The number of unbranched alkanes of at least 4 members (excludes halogenated alkanes) is 1. The first-order valence-corrected chi connectivity index (χ1v) is 6.32. The normalized spacial score (nSPS) is 18.9. The van der Waals surface area contributed by atoms with Gasteiger partial charge in [0.25, 0.3) is 0 Å². The van der Waals surface area contributed by atoms with E-state index in [1.54, 1.807) is 0 Å². The Labute approximate surface area is 102 Å². The average Bonchev–Trinajstić information content (AvgIpc) is 2.19. The van der Waals surface area contributed by atoms with Gasteiger partial charge in [0.15, 0.2) is 0 Å². The second-order valence-corrected chi connectivity index (χ2v) is 4.88. The van der Waals surface area contributed by atoms with Crippen LogP contribution in [-0.4, -0.2) is 28.7 Å². The van der Waals surface area contributed by atoms with Crippen LogP contribution >= 0.6 is 0 Å². The topological polar surface area (TPSA) is 78.4 Å². The Morgan fingerprint density at radius 2 is 2.06 bits per heavy atom. The number of nitrogens with one attached hydrogen (secondary N) is 2. The van der Waals surface area contributed by atoms with Crippen molar-refractivity contribution in [3.63, 3.8) is 0 Å². The minimum Gasteiger partial charge on any atom is -0.480 e. The van der Waals surface area contributed by atoms with Gasteiger partial charge in [-0.25, -0.2) is 9.59 Å². The lowest BCUT2D eigenvalue weighted by Crippen LogP contribution is -2.61. The Balaban J connectivity index is 2.36. The van der Waals surface area contributed by atoms with Crippen LogP contribution in [-0.2, 0) is 4.79 Å². The van der Waals surface area contributed by atoms with Gasteiger partial charge in [-0.05, 0) is 32.6 Å². The smallest absolute Gasteiger partial charge is 0.329 e. The van der Waals surface area contributed by atoms with Gasteiger partial charge >= 0.3 is 12.0 Å². The standard InChI is InChI=1S/C12H22N2O3/c1-3-4-6-9(2)13-11(17)14-12(10(15)16)7-5-8-12/h9H,3-8H2,1-2H3,(H,15,16)(H2,13,14,17). The van der Waals surface area contributed by atoms with Crippen molar-refractivity contribution >= 4 is 12.0 Å². The summed E-state index contributed by atoms with van der Waals surface area (Å²) in [5, 5.41) is 14.4. The molecule has 2 amide bonds. The molecule has 0 saturated heterocycles. The predicted octanol–water partition coefficient (Wildman–Crippen LogP) is 1.87. The summed E-state index contributed by atoms with van der Waals surface area (Å²) in [5.41, 5.74) is -1.02. The van der Waals surface area contributed by atoms with E-state index < -0.39 is 11.5 Å². The molecule has 1 saturated carbocycles. The van der Waals surface area contributed by atoms with E-state index in [1.807, 2.05) is 6.92 Å². The van der Waals surface area contributed by atoms with Gasteiger partial charge in [0, 0.05) is 6.04 Å². The molecule has 1 atom stereocenters. The molecule has 3 N–H and O–H groups in total. The Kier molecular flexibility index (Phi) is 4.78. The van der Waals surface area contributed by atoms with E-state index in [2.05, 4.69) is 17.6 Å². The maximum atomic E-state index is 11.6. The predicted molar refractivity (Wildman–Crippen MR) is 64.9 cm³/mol. The van der Waals surface area contributed by atoms with Gasteiger partial charge in [0.1, 0.15) is 5.54 Å². The maximum Gasteiger partial charge on any atom is 0.329 e. The number of hydrogen-bond donors (Lipinski definition) is 3. The monoisotopic (exact) mass is 242 g/mol. The molecule has 1 aliphatic rings. The molecule has 1 fully saturated rings. The van der Waals surface area contributed by atoms with E-state index in [1.165, 1.54) is 0 Å². The van der Waals surface area contributed by atoms with Crippen LogP contribution in [0.4, 0.5) is 4.79 Å². The highest BCUT2D eigenvalue weighted by Crippen LogP contribution is 2.31. The average molecular weight is 242 g/mol. The molecule has 0 bridgehead atoms. The number of urea groups is 1. The fraction of sp³-hybridized carbons (Fsp3) is 0.833. The van der Waals surface area contributed by atoms with Crippen LogP contribution in [0.25, 0.3) is 0 Å². The Morgan fingerprint density at radius 1 is 1.41 bits per heavy atom. The third-order valence-corrected chi connectivity index (χ3v) is 3.34. The van der Waals surface area contributed by atoms with Crippen LogP contribution in [0.3, 0.4) is 0 Å². The summed E-state index contributed by atoms with van der Waals surface area (Å²) in [6.45, 7) is 4.03. The van der Waals surface area contributed by atoms with Crippen molar-refractivity contribution in [2.24, 2.45) is 0 Å². The zero-order chi connectivity index (χ0) is 12.9. The first kappa shape index (κ1) is 13.8. The van der Waals surface area contributed by atoms with Crippen molar-refractivity contribution in [1.29, 1.82) is 0 Å². The first-order chi connectivity index (χ1) is 8.00. The van der Waals surface area contributed by atoms with Crippen molar-refractivity contribution in [3.05, 3.63) is 0 Å². The van der Waals surface area contributed by atoms with Gasteiger partial charge in [-0.15, -0.1) is 0 Å². The Hall–Kier alpha value is -1.26. The molecule has 1 unspecified atom stereocenters. The second kappa shape index (κ2) is 5.89. The van der Waals surface area contributed by atoms with Crippen molar-refractivity contribution < 1.29 is 14.7 Å². The SMILES string of the molecule is CCCCC(C)NC(=O)NC1(C(=O)O)CCC1. The van der Waals surface area contributed by atoms with Gasteiger partial charge in [0.05, 0.1) is 0 Å². The van der Waals surface area contributed by atoms with E-state index in [9.17, 15) is 9.59 Å². The molecular weight excluding hydrogens is 220 g/mol. The minimum absolute atomic E-state index is 0.0841. The zero-order valence-electron chi connectivity index (χ0n) is 10.6. The van der Waals surface area contributed by atoms with Crippen LogP contribution in [0.1, 0.15) is 52.4 Å². The number of aliphatic carboxylic acids is 1. The van der Waals surface area contributed by atoms with Crippen LogP contribution in [0.5, 0.6) is 0 Å². The molecular formula is C12H22N2O3. The Morgan fingerprint density at radius 3 is 2.47 bits per heavy atom. The molecule has 0 spiro atoms. The van der Waals surface area contributed by atoms with Crippen LogP contribution < -0.4 is 10.6 Å². The van der Waals surface area contributed by atoms with Crippen LogP contribution in [0.2, 0.25) is 0 Å². The number of amides is 2. The van der Waals surface area contributed by atoms with Crippen molar-refractivity contribution in [2.75, 3.05) is 0 Å². The molecule has 0 aromatic heterocycles. The number of carbonyl (C=O) groups excluding carboxylic acids is 1. The molecule has 5 nitrogen and oxygen atoms in total. The molecule has 0 aromatic rings. The number of rotatable bonds is 6. The molecule has 1 aliphatic carbocycles. The summed E-state index contributed by atoms with van der Waals surface area (Å²) in [5.74, 6) is -0.930. The van der Waals surface area contributed by atoms with Gasteiger partial charge < -0.3 is 15.7 Å². The van der Waals surface area contributed by atoms with E-state index >= 15 is 0 Å². The van der Waals surface area contributed by atoms with Gasteiger partial charge in [-0.2, -0.15) is 0 Å². The molecule has 98 valence electrons. The van der Waals surface area contributed by atoms with Gasteiger partial charge in [-0.3, -0.25) is 0 Å². The summed E-state index contributed by atoms with van der Waals surface area (Å²) < 4.78 is 0. The van der Waals surface area contributed by atoms with Crippen molar-refractivity contribution in [2.45, 2.75) is 64.0 Å². The van der Waals surface area contributed by atoms with Gasteiger partial charge in [-0.1, -0.05) is 19.8 Å². The summed E-state index contributed by atoms with van der Waals surface area (Å²) in [4.78, 5) is 22.7. The highest BCUT2D eigenvalue weighted by atomic mass is 16.4. The fourth-order valence-corrected chi connectivity index (χ4v) is 1.98. The van der Waals surface area contributed by atoms with Crippen molar-refractivity contribution in [1.82, 2.24) is 10.6 Å². The second-order valence-electron chi connectivity index (χ2n) is 4.88. The van der Waals surface area contributed by atoms with E-state index in [4.69, 9.17) is 5.11 Å². The zero-order valence-corrected chi connectivity index (χ0v) is 10.6. The molecule has 0 radical (unpaired) electrons. The summed E-state index contributed by atoms with van der Waals surface area (Å²) >= 11 is 0. The quantitative estimate of drug-likeness (QED) is 0.665. The lowest BCUT2D eigenvalue weighted by Gasteiger charge is -2.38. The fourth-order valence-electron chi connectivity index (χ4n) is 1.98. The third-order valence-electron chi connectivity index (χ3n) is 3.34. The summed E-state index contributed by atoms with van der Waals surface area (Å²) in [7, 11) is 0.